The fourth-order valence-electron chi connectivity index (χ4n) is 1.55. The van der Waals surface area contributed by atoms with E-state index in [4.69, 9.17) is 5.73 Å². The Balaban J connectivity index is 2.08. The third kappa shape index (κ3) is 2.48. The summed E-state index contributed by atoms with van der Waals surface area (Å²) in [6.07, 6.45) is 2.98. The summed E-state index contributed by atoms with van der Waals surface area (Å²) in [5, 5.41) is 0. The average Bonchev–Trinajstić information content (AvgIpc) is 2.28. The number of benzene rings is 1. The first-order valence-corrected chi connectivity index (χ1v) is 5.13. The van der Waals surface area contributed by atoms with E-state index in [-0.39, 0.29) is 5.56 Å². The number of aromatic amines is 1. The van der Waals surface area contributed by atoms with Crippen molar-refractivity contribution in [1.29, 1.82) is 0 Å². The highest BCUT2D eigenvalue weighted by Gasteiger charge is 2.00. The van der Waals surface area contributed by atoms with Crippen LogP contribution in [0.15, 0.2) is 41.3 Å². The monoisotopic (exact) mass is 215 g/mol. The van der Waals surface area contributed by atoms with Gasteiger partial charge in [-0.15, -0.1) is 0 Å². The third-order valence-corrected chi connectivity index (χ3v) is 2.41. The number of para-hydroxylation sites is 1. The second kappa shape index (κ2) is 4.61. The smallest absolute Gasteiger partial charge is 0.250 e. The first-order valence-electron chi connectivity index (χ1n) is 5.13. The van der Waals surface area contributed by atoms with Crippen molar-refractivity contribution in [2.75, 3.05) is 5.73 Å². The molecule has 4 nitrogen and oxygen atoms in total. The Morgan fingerprint density at radius 2 is 2.00 bits per heavy atom. The van der Waals surface area contributed by atoms with Gasteiger partial charge < -0.3 is 10.7 Å². The Kier molecular flexibility index (Phi) is 3.00. The van der Waals surface area contributed by atoms with E-state index in [9.17, 15) is 4.79 Å². The minimum atomic E-state index is -0.119. The summed E-state index contributed by atoms with van der Waals surface area (Å²) in [5.74, 6) is 0.691. The van der Waals surface area contributed by atoms with Crippen LogP contribution in [0, 0.1) is 0 Å². The van der Waals surface area contributed by atoms with Gasteiger partial charge in [0.25, 0.3) is 5.56 Å². The molecule has 16 heavy (non-hydrogen) atoms. The van der Waals surface area contributed by atoms with Gasteiger partial charge in [0.05, 0.1) is 0 Å². The normalized spacial score (nSPS) is 10.2. The van der Waals surface area contributed by atoms with E-state index in [0.717, 1.165) is 17.7 Å². The molecule has 1 heterocycles. The van der Waals surface area contributed by atoms with E-state index >= 15 is 0 Å². The molecular weight excluding hydrogens is 202 g/mol. The Bertz CT molecular complexity index is 534. The number of nitrogen functional groups attached to an aromatic ring is 1. The Hall–Kier alpha value is -2.10. The van der Waals surface area contributed by atoms with Crippen LogP contribution >= 0.6 is 0 Å². The summed E-state index contributed by atoms with van der Waals surface area (Å²) in [4.78, 5) is 17.8. The number of H-pyrrole nitrogens is 1. The summed E-state index contributed by atoms with van der Waals surface area (Å²) in [6, 6.07) is 9.11. The molecule has 0 radical (unpaired) electrons. The molecule has 0 aliphatic carbocycles. The lowest BCUT2D eigenvalue weighted by atomic mass is 10.1. The third-order valence-electron chi connectivity index (χ3n) is 2.41. The second-order valence-electron chi connectivity index (χ2n) is 3.58. The van der Waals surface area contributed by atoms with Gasteiger partial charge in [-0.25, -0.2) is 4.98 Å². The van der Waals surface area contributed by atoms with Crippen LogP contribution in [0.3, 0.4) is 0 Å². The van der Waals surface area contributed by atoms with E-state index in [1.165, 1.54) is 12.3 Å². The second-order valence-corrected chi connectivity index (χ2v) is 3.58. The van der Waals surface area contributed by atoms with Gasteiger partial charge in [-0.1, -0.05) is 18.2 Å². The molecule has 0 unspecified atom stereocenters. The molecule has 0 aliphatic heterocycles. The zero-order valence-corrected chi connectivity index (χ0v) is 8.81. The van der Waals surface area contributed by atoms with E-state index in [1.54, 1.807) is 0 Å². The number of anilines is 1. The standard InChI is InChI=1S/C12H13N3O/c13-10-4-2-1-3-9(10)5-6-11-14-8-7-12(16)15-11/h1-4,7-8H,5-6,13H2,(H,14,15,16). The van der Waals surface area contributed by atoms with Crippen molar-refractivity contribution in [3.05, 3.63) is 58.3 Å². The minimum absolute atomic E-state index is 0.119. The summed E-state index contributed by atoms with van der Waals surface area (Å²) < 4.78 is 0. The van der Waals surface area contributed by atoms with Gasteiger partial charge in [-0.3, -0.25) is 4.79 Å². The Morgan fingerprint density at radius 1 is 1.19 bits per heavy atom. The van der Waals surface area contributed by atoms with Crippen LogP contribution in [-0.2, 0) is 12.8 Å². The van der Waals surface area contributed by atoms with Crippen molar-refractivity contribution in [3.63, 3.8) is 0 Å². The number of hydrogen-bond acceptors (Lipinski definition) is 3. The fraction of sp³-hybridized carbons (Fsp3) is 0.167. The molecule has 1 aromatic carbocycles. The molecule has 0 saturated heterocycles. The van der Waals surface area contributed by atoms with Gasteiger partial charge in [-0.05, 0) is 18.1 Å². The molecule has 0 amide bonds. The lowest BCUT2D eigenvalue weighted by Crippen LogP contribution is -2.09. The summed E-state index contributed by atoms with van der Waals surface area (Å²) in [5.41, 5.74) is 7.56. The molecule has 0 saturated carbocycles. The Labute approximate surface area is 93.2 Å². The fourth-order valence-corrected chi connectivity index (χ4v) is 1.55. The van der Waals surface area contributed by atoms with Gasteiger partial charge in [0.2, 0.25) is 0 Å². The van der Waals surface area contributed by atoms with E-state index in [0.29, 0.717) is 12.2 Å². The topological polar surface area (TPSA) is 71.8 Å². The first kappa shape index (κ1) is 10.4. The van der Waals surface area contributed by atoms with Crippen molar-refractivity contribution in [2.24, 2.45) is 0 Å². The minimum Gasteiger partial charge on any atom is -0.399 e. The molecule has 0 atom stereocenters. The van der Waals surface area contributed by atoms with Crippen LogP contribution in [0.1, 0.15) is 11.4 Å². The number of hydrogen-bond donors (Lipinski definition) is 2. The molecule has 0 fully saturated rings. The Morgan fingerprint density at radius 3 is 2.75 bits per heavy atom. The van der Waals surface area contributed by atoms with Crippen molar-refractivity contribution in [3.8, 4) is 0 Å². The predicted molar refractivity (Wildman–Crippen MR) is 63.1 cm³/mol. The van der Waals surface area contributed by atoms with Crippen molar-refractivity contribution < 1.29 is 0 Å². The molecule has 3 N–H and O–H groups in total. The van der Waals surface area contributed by atoms with Crippen LogP contribution in [0.25, 0.3) is 0 Å². The predicted octanol–water partition coefficient (Wildman–Crippen LogP) is 1.14. The quantitative estimate of drug-likeness (QED) is 0.754. The lowest BCUT2D eigenvalue weighted by molar-refractivity contribution is 0.848. The molecule has 0 spiro atoms. The summed E-state index contributed by atoms with van der Waals surface area (Å²) in [6.45, 7) is 0. The average molecular weight is 215 g/mol. The van der Waals surface area contributed by atoms with Crippen LogP contribution in [0.2, 0.25) is 0 Å². The highest BCUT2D eigenvalue weighted by Crippen LogP contribution is 2.12. The number of aryl methyl sites for hydroxylation is 2. The number of nitrogens with zero attached hydrogens (tertiary/aromatic N) is 1. The van der Waals surface area contributed by atoms with Crippen LogP contribution in [0.5, 0.6) is 0 Å². The van der Waals surface area contributed by atoms with Crippen LogP contribution in [0.4, 0.5) is 5.69 Å². The van der Waals surface area contributed by atoms with Gasteiger partial charge in [0.15, 0.2) is 0 Å². The van der Waals surface area contributed by atoms with E-state index < -0.39 is 0 Å². The molecule has 4 heteroatoms. The number of nitrogens with two attached hydrogens (primary N) is 1. The van der Waals surface area contributed by atoms with Crippen molar-refractivity contribution >= 4 is 5.69 Å². The largest absolute Gasteiger partial charge is 0.399 e. The maximum absolute atomic E-state index is 11.0. The van der Waals surface area contributed by atoms with Crippen LogP contribution in [-0.4, -0.2) is 9.97 Å². The molecule has 1 aromatic heterocycles. The lowest BCUT2D eigenvalue weighted by Gasteiger charge is -2.04. The molecule has 0 bridgehead atoms. The number of nitrogens with one attached hydrogen (secondary N) is 1. The number of aromatic nitrogens is 2. The highest BCUT2D eigenvalue weighted by molar-refractivity contribution is 5.46. The zero-order chi connectivity index (χ0) is 11.4. The molecule has 82 valence electrons. The van der Waals surface area contributed by atoms with E-state index in [1.807, 2.05) is 24.3 Å². The molecule has 2 aromatic rings. The molecule has 2 rings (SSSR count). The SMILES string of the molecule is Nc1ccccc1CCc1nccc(=O)[nH]1. The van der Waals surface area contributed by atoms with Gasteiger partial charge in [-0.2, -0.15) is 0 Å². The van der Waals surface area contributed by atoms with Gasteiger partial charge >= 0.3 is 0 Å². The van der Waals surface area contributed by atoms with Gasteiger partial charge in [0, 0.05) is 24.4 Å². The highest BCUT2D eigenvalue weighted by atomic mass is 16.1. The maximum Gasteiger partial charge on any atom is 0.250 e. The van der Waals surface area contributed by atoms with Crippen molar-refractivity contribution in [2.45, 2.75) is 12.8 Å². The number of rotatable bonds is 3. The maximum atomic E-state index is 11.0. The molecule has 0 aliphatic rings. The summed E-state index contributed by atoms with van der Waals surface area (Å²) >= 11 is 0. The van der Waals surface area contributed by atoms with Crippen molar-refractivity contribution in [1.82, 2.24) is 9.97 Å². The van der Waals surface area contributed by atoms with Gasteiger partial charge in [0.1, 0.15) is 5.82 Å². The zero-order valence-electron chi connectivity index (χ0n) is 8.81. The molecular formula is C12H13N3O. The van der Waals surface area contributed by atoms with E-state index in [2.05, 4.69) is 9.97 Å². The first-order chi connectivity index (χ1) is 7.75. The summed E-state index contributed by atoms with van der Waals surface area (Å²) in [7, 11) is 0. The van der Waals surface area contributed by atoms with Crippen LogP contribution < -0.4 is 11.3 Å².